The van der Waals surface area contributed by atoms with Crippen LogP contribution in [0.25, 0.3) is 10.6 Å². The molecule has 11 nitrogen and oxygen atoms in total. The molecule has 38 heavy (non-hydrogen) atoms. The summed E-state index contributed by atoms with van der Waals surface area (Å²) in [6.45, 7) is 6.83. The van der Waals surface area contributed by atoms with Crippen LogP contribution < -0.4 is 5.32 Å². The Kier molecular flexibility index (Phi) is 8.03. The van der Waals surface area contributed by atoms with Crippen LogP contribution in [0, 0.1) is 13.8 Å². The lowest BCUT2D eigenvalue weighted by Crippen LogP contribution is -2.46. The van der Waals surface area contributed by atoms with Crippen LogP contribution in [0.2, 0.25) is 0 Å². The van der Waals surface area contributed by atoms with Gasteiger partial charge in [0, 0.05) is 37.0 Å². The quantitative estimate of drug-likeness (QED) is 0.272. The van der Waals surface area contributed by atoms with Gasteiger partial charge in [0.05, 0.1) is 32.5 Å². The molecule has 1 N–H and O–H groups in total. The Labute approximate surface area is 228 Å². The SMILES string of the molecule is CCC[C@H]1C/C(=N/OCc2ncon2)CCN1C(=O)c1ccc(Nc2nc(-c3sc(C)nc3C)cs2)nc1. The van der Waals surface area contributed by atoms with E-state index in [2.05, 4.69) is 42.5 Å². The second kappa shape index (κ2) is 11.8. The highest BCUT2D eigenvalue weighted by Gasteiger charge is 2.30. The van der Waals surface area contributed by atoms with Gasteiger partial charge >= 0.3 is 0 Å². The first-order valence-electron chi connectivity index (χ1n) is 12.4. The van der Waals surface area contributed by atoms with Crippen LogP contribution in [0.4, 0.5) is 10.9 Å². The van der Waals surface area contributed by atoms with Crippen molar-refractivity contribution in [3.63, 3.8) is 0 Å². The number of rotatable bonds is 9. The summed E-state index contributed by atoms with van der Waals surface area (Å²) < 4.78 is 4.70. The number of likely N-dealkylation sites (tertiary alicyclic amines) is 1. The monoisotopic (exact) mass is 552 g/mol. The molecule has 1 aliphatic heterocycles. The Morgan fingerprint density at radius 2 is 2.18 bits per heavy atom. The summed E-state index contributed by atoms with van der Waals surface area (Å²) in [6.07, 6.45) is 6.04. The summed E-state index contributed by atoms with van der Waals surface area (Å²) in [5.74, 6) is 1.05. The molecule has 0 aromatic carbocycles. The molecule has 1 fully saturated rings. The van der Waals surface area contributed by atoms with Gasteiger partial charge in [-0.2, -0.15) is 4.98 Å². The standard InChI is InChI=1S/C25H28N8O3S2/c1-4-5-19-10-18(31-35-12-22-27-14-36-32-22)8-9-33(19)24(34)17-6-7-21(26-11-17)30-25-29-20(13-37-25)23-15(2)28-16(3)38-23/h6-7,11,13-14,19H,4-5,8-10,12H2,1-3H3,(H,26,29,30)/b31-18+/t19-/m0/s1. The molecule has 13 heteroatoms. The van der Waals surface area contributed by atoms with Crippen LogP contribution >= 0.6 is 22.7 Å². The summed E-state index contributed by atoms with van der Waals surface area (Å²) in [7, 11) is 0. The van der Waals surface area contributed by atoms with Gasteiger partial charge in [-0.05, 0) is 32.4 Å². The van der Waals surface area contributed by atoms with Gasteiger partial charge in [0.25, 0.3) is 5.91 Å². The fraction of sp³-hybridized carbons (Fsp3) is 0.400. The van der Waals surface area contributed by atoms with Gasteiger partial charge in [-0.15, -0.1) is 22.7 Å². The largest absolute Gasteiger partial charge is 0.387 e. The third-order valence-corrected chi connectivity index (χ3v) is 7.97. The number of hydrogen-bond donors (Lipinski definition) is 1. The minimum Gasteiger partial charge on any atom is -0.387 e. The lowest BCUT2D eigenvalue weighted by Gasteiger charge is -2.36. The summed E-state index contributed by atoms with van der Waals surface area (Å²) >= 11 is 3.15. The molecule has 5 heterocycles. The van der Waals surface area contributed by atoms with Crippen LogP contribution in [0.3, 0.4) is 0 Å². The topological polar surface area (TPSA) is 132 Å². The molecule has 198 valence electrons. The maximum Gasteiger partial charge on any atom is 0.255 e. The Morgan fingerprint density at radius 3 is 2.89 bits per heavy atom. The summed E-state index contributed by atoms with van der Waals surface area (Å²) in [6, 6.07) is 3.68. The van der Waals surface area contributed by atoms with Crippen molar-refractivity contribution in [2.24, 2.45) is 5.16 Å². The Balaban J connectivity index is 1.20. The van der Waals surface area contributed by atoms with Gasteiger partial charge in [0.15, 0.2) is 11.7 Å². The number of carbonyl (C=O) groups excluding carboxylic acids is 1. The van der Waals surface area contributed by atoms with Gasteiger partial charge < -0.3 is 19.6 Å². The first-order valence-corrected chi connectivity index (χ1v) is 14.1. The minimum atomic E-state index is -0.0261. The smallest absolute Gasteiger partial charge is 0.255 e. The number of thiazole rings is 2. The molecule has 4 aromatic heterocycles. The molecular weight excluding hydrogens is 524 g/mol. The molecule has 0 unspecified atom stereocenters. The van der Waals surface area contributed by atoms with E-state index in [0.29, 0.717) is 36.6 Å². The molecule has 0 radical (unpaired) electrons. The number of amides is 1. The van der Waals surface area contributed by atoms with Crippen molar-refractivity contribution in [1.82, 2.24) is 30.0 Å². The average molecular weight is 553 g/mol. The number of hydrogen-bond acceptors (Lipinski definition) is 12. The van der Waals surface area contributed by atoms with E-state index in [-0.39, 0.29) is 18.6 Å². The highest BCUT2D eigenvalue weighted by atomic mass is 32.1. The Bertz CT molecular complexity index is 1400. The van der Waals surface area contributed by atoms with E-state index in [1.165, 1.54) is 17.7 Å². The van der Waals surface area contributed by atoms with E-state index in [9.17, 15) is 4.79 Å². The molecule has 1 aliphatic rings. The number of aryl methyl sites for hydroxylation is 2. The molecule has 5 rings (SSSR count). The van der Waals surface area contributed by atoms with E-state index in [0.717, 1.165) is 45.0 Å². The Morgan fingerprint density at radius 1 is 1.29 bits per heavy atom. The number of aromatic nitrogens is 5. The Hall–Kier alpha value is -3.71. The molecule has 1 amide bonds. The predicted molar refractivity (Wildman–Crippen MR) is 146 cm³/mol. The van der Waals surface area contributed by atoms with Crippen molar-refractivity contribution in [3.8, 4) is 10.6 Å². The number of nitrogens with zero attached hydrogens (tertiary/aromatic N) is 7. The van der Waals surface area contributed by atoms with Gasteiger partial charge in [-0.25, -0.2) is 15.0 Å². The lowest BCUT2D eigenvalue weighted by atomic mass is 9.96. The predicted octanol–water partition coefficient (Wildman–Crippen LogP) is 5.38. The number of oxime groups is 1. The first-order chi connectivity index (χ1) is 18.5. The average Bonchev–Trinajstić information content (AvgIpc) is 3.66. The zero-order valence-corrected chi connectivity index (χ0v) is 23.0. The zero-order valence-electron chi connectivity index (χ0n) is 21.4. The summed E-state index contributed by atoms with van der Waals surface area (Å²) in [5, 5.41) is 15.0. The van der Waals surface area contributed by atoms with Crippen molar-refractivity contribution in [3.05, 3.63) is 52.2 Å². The first kappa shape index (κ1) is 25.9. The summed E-state index contributed by atoms with van der Waals surface area (Å²) in [4.78, 5) is 39.3. The van der Waals surface area contributed by atoms with Crippen molar-refractivity contribution >= 4 is 45.2 Å². The number of pyridine rings is 1. The molecule has 0 aliphatic carbocycles. The molecule has 1 atom stereocenters. The van der Waals surface area contributed by atoms with E-state index in [1.54, 1.807) is 17.5 Å². The third kappa shape index (κ3) is 6.05. The lowest BCUT2D eigenvalue weighted by molar-refractivity contribution is 0.0651. The number of nitrogens with one attached hydrogen (secondary N) is 1. The summed E-state index contributed by atoms with van der Waals surface area (Å²) in [5.41, 5.74) is 3.38. The number of anilines is 2. The van der Waals surface area contributed by atoms with Crippen LogP contribution in [0.1, 0.15) is 59.5 Å². The van der Waals surface area contributed by atoms with Crippen LogP contribution in [0.5, 0.6) is 0 Å². The highest BCUT2D eigenvalue weighted by Crippen LogP contribution is 2.33. The molecule has 1 saturated heterocycles. The van der Waals surface area contributed by atoms with E-state index in [1.807, 2.05) is 36.3 Å². The molecule has 0 bridgehead atoms. The number of piperidine rings is 1. The van der Waals surface area contributed by atoms with E-state index < -0.39 is 0 Å². The fourth-order valence-corrected chi connectivity index (χ4v) is 6.03. The van der Waals surface area contributed by atoms with Gasteiger partial charge in [-0.1, -0.05) is 23.7 Å². The maximum atomic E-state index is 13.4. The normalized spacial score (nSPS) is 16.7. The fourth-order valence-electron chi connectivity index (χ4n) is 4.37. The van der Waals surface area contributed by atoms with Gasteiger partial charge in [0.1, 0.15) is 5.82 Å². The van der Waals surface area contributed by atoms with Crippen LogP contribution in [-0.2, 0) is 11.4 Å². The molecular formula is C25H28N8O3S2. The molecule has 0 saturated carbocycles. The number of carbonyl (C=O) groups is 1. The second-order valence-corrected chi connectivity index (χ2v) is 11.0. The minimum absolute atomic E-state index is 0.0261. The molecule has 4 aromatic rings. The van der Waals surface area contributed by atoms with Crippen LogP contribution in [-0.4, -0.2) is 54.2 Å². The van der Waals surface area contributed by atoms with E-state index >= 15 is 0 Å². The highest BCUT2D eigenvalue weighted by molar-refractivity contribution is 7.16. The van der Waals surface area contributed by atoms with Crippen molar-refractivity contribution in [1.29, 1.82) is 0 Å². The van der Waals surface area contributed by atoms with Crippen molar-refractivity contribution < 1.29 is 14.2 Å². The maximum absolute atomic E-state index is 13.4. The molecule has 0 spiro atoms. The van der Waals surface area contributed by atoms with E-state index in [4.69, 9.17) is 9.36 Å². The van der Waals surface area contributed by atoms with Crippen molar-refractivity contribution in [2.45, 2.75) is 59.1 Å². The van der Waals surface area contributed by atoms with Crippen LogP contribution in [0.15, 0.2) is 39.8 Å². The van der Waals surface area contributed by atoms with Crippen molar-refractivity contribution in [2.75, 3.05) is 11.9 Å². The zero-order chi connectivity index (χ0) is 26.5. The second-order valence-electron chi connectivity index (χ2n) is 8.92. The van der Waals surface area contributed by atoms with Gasteiger partial charge in [-0.3, -0.25) is 4.79 Å². The van der Waals surface area contributed by atoms with Gasteiger partial charge in [0.2, 0.25) is 12.2 Å². The third-order valence-electron chi connectivity index (χ3n) is 6.12.